The minimum Gasteiger partial charge on any atom is -0.376 e. The molecule has 0 aliphatic carbocycles. The van der Waals surface area contributed by atoms with Crippen molar-refractivity contribution in [3.63, 3.8) is 0 Å². The maximum Gasteiger partial charge on any atom is 0.421 e. The topological polar surface area (TPSA) is 64.3 Å². The summed E-state index contributed by atoms with van der Waals surface area (Å²) in [5.41, 5.74) is -2.60. The van der Waals surface area contributed by atoms with Crippen molar-refractivity contribution in [2.75, 3.05) is 6.54 Å². The highest BCUT2D eigenvalue weighted by molar-refractivity contribution is 5.94. The smallest absolute Gasteiger partial charge is 0.376 e. The van der Waals surface area contributed by atoms with Crippen LogP contribution in [0.15, 0.2) is 54.6 Å². The molecule has 1 amide bonds. The van der Waals surface area contributed by atoms with Gasteiger partial charge < -0.3 is 10.0 Å². The molecule has 7 heteroatoms. The van der Waals surface area contributed by atoms with Gasteiger partial charge in [0.1, 0.15) is 6.04 Å². The molecule has 0 saturated carbocycles. The van der Waals surface area contributed by atoms with Crippen molar-refractivity contribution in [1.29, 1.82) is 5.26 Å². The number of rotatable bonds is 5. The van der Waals surface area contributed by atoms with Crippen molar-refractivity contribution in [1.82, 2.24) is 4.90 Å². The Hall–Kier alpha value is -2.85. The van der Waals surface area contributed by atoms with Crippen LogP contribution in [0, 0.1) is 11.3 Å². The lowest BCUT2D eigenvalue weighted by atomic mass is 9.94. The van der Waals surface area contributed by atoms with Crippen LogP contribution in [0.4, 0.5) is 13.2 Å². The molecule has 2 atom stereocenters. The van der Waals surface area contributed by atoms with Gasteiger partial charge >= 0.3 is 6.18 Å². The van der Waals surface area contributed by atoms with E-state index < -0.39 is 23.7 Å². The normalized spacial score (nSPS) is 14.7. The van der Waals surface area contributed by atoms with E-state index in [-0.39, 0.29) is 17.7 Å². The molecule has 0 saturated heterocycles. The van der Waals surface area contributed by atoms with Gasteiger partial charge in [0.2, 0.25) is 0 Å². The average molecular weight is 376 g/mol. The largest absolute Gasteiger partial charge is 0.421 e. The molecule has 0 spiro atoms. The number of aliphatic hydroxyl groups is 1. The SMILES string of the molecule is CCN(C(=O)c1ccc([C@](C)(O)C(F)(F)F)cc1)C(C#N)c1ccccc1. The summed E-state index contributed by atoms with van der Waals surface area (Å²) in [4.78, 5) is 14.1. The van der Waals surface area contributed by atoms with Crippen molar-refractivity contribution >= 4 is 5.91 Å². The summed E-state index contributed by atoms with van der Waals surface area (Å²) in [5, 5.41) is 19.2. The Morgan fingerprint density at radius 1 is 1.15 bits per heavy atom. The average Bonchev–Trinajstić information content (AvgIpc) is 2.65. The van der Waals surface area contributed by atoms with E-state index in [1.807, 2.05) is 0 Å². The van der Waals surface area contributed by atoms with Gasteiger partial charge in [-0.25, -0.2) is 0 Å². The lowest BCUT2D eigenvalue weighted by Gasteiger charge is -2.28. The molecule has 0 aliphatic heterocycles. The molecule has 2 rings (SSSR count). The van der Waals surface area contributed by atoms with Crippen LogP contribution in [-0.4, -0.2) is 28.6 Å². The molecule has 4 nitrogen and oxygen atoms in total. The fraction of sp³-hybridized carbons (Fsp3) is 0.300. The van der Waals surface area contributed by atoms with E-state index in [0.717, 1.165) is 12.1 Å². The second kappa shape index (κ2) is 7.80. The summed E-state index contributed by atoms with van der Waals surface area (Å²) in [6.45, 7) is 2.62. The zero-order valence-electron chi connectivity index (χ0n) is 14.9. The molecule has 0 aliphatic rings. The third-order valence-electron chi connectivity index (χ3n) is 4.40. The zero-order chi connectivity index (χ0) is 20.2. The Morgan fingerprint density at radius 2 is 1.70 bits per heavy atom. The van der Waals surface area contributed by atoms with Crippen molar-refractivity contribution < 1.29 is 23.1 Å². The number of carbonyl (C=O) groups is 1. The monoisotopic (exact) mass is 376 g/mol. The van der Waals surface area contributed by atoms with Gasteiger partial charge in [-0.15, -0.1) is 0 Å². The van der Waals surface area contributed by atoms with Crippen molar-refractivity contribution in [3.8, 4) is 6.07 Å². The van der Waals surface area contributed by atoms with Gasteiger partial charge in [-0.1, -0.05) is 42.5 Å². The van der Waals surface area contributed by atoms with Gasteiger partial charge in [0.15, 0.2) is 5.60 Å². The van der Waals surface area contributed by atoms with E-state index in [0.29, 0.717) is 12.5 Å². The minimum absolute atomic E-state index is 0.134. The van der Waals surface area contributed by atoms with Gasteiger partial charge in [-0.3, -0.25) is 4.79 Å². The molecular weight excluding hydrogens is 357 g/mol. The Labute approximate surface area is 155 Å². The predicted octanol–water partition coefficient (Wildman–Crippen LogP) is 4.18. The molecule has 1 N–H and O–H groups in total. The number of halogens is 3. The summed E-state index contributed by atoms with van der Waals surface area (Å²) < 4.78 is 38.8. The lowest BCUT2D eigenvalue weighted by Crippen LogP contribution is -2.39. The quantitative estimate of drug-likeness (QED) is 0.851. The number of nitrogens with zero attached hydrogens (tertiary/aromatic N) is 2. The zero-order valence-corrected chi connectivity index (χ0v) is 14.9. The summed E-state index contributed by atoms with van der Waals surface area (Å²) in [6.07, 6.45) is -4.84. The van der Waals surface area contributed by atoms with Gasteiger partial charge in [-0.05, 0) is 37.1 Å². The number of nitriles is 1. The van der Waals surface area contributed by atoms with E-state index in [1.165, 1.54) is 17.0 Å². The van der Waals surface area contributed by atoms with E-state index in [4.69, 9.17) is 0 Å². The van der Waals surface area contributed by atoms with Crippen molar-refractivity contribution in [3.05, 3.63) is 71.3 Å². The van der Waals surface area contributed by atoms with Crippen LogP contribution in [0.3, 0.4) is 0 Å². The van der Waals surface area contributed by atoms with Crippen LogP contribution < -0.4 is 0 Å². The number of hydrogen-bond acceptors (Lipinski definition) is 3. The standard InChI is InChI=1S/C20H19F3N2O2/c1-3-25(17(13-24)14-7-5-4-6-8-14)18(26)15-9-11-16(12-10-15)19(2,27)20(21,22)23/h4-12,17,27H,3H2,1-2H3/t17?,19-/m0/s1. The Kier molecular flexibility index (Phi) is 5.91. The number of hydrogen-bond donors (Lipinski definition) is 1. The molecule has 2 aromatic carbocycles. The Morgan fingerprint density at radius 3 is 2.15 bits per heavy atom. The van der Waals surface area contributed by atoms with Gasteiger partial charge in [-0.2, -0.15) is 18.4 Å². The lowest BCUT2D eigenvalue weighted by molar-refractivity contribution is -0.258. The first kappa shape index (κ1) is 20.5. The first-order chi connectivity index (χ1) is 12.6. The van der Waals surface area contributed by atoms with Crippen LogP contribution in [0.25, 0.3) is 0 Å². The second-order valence-corrected chi connectivity index (χ2v) is 6.18. The van der Waals surface area contributed by atoms with Gasteiger partial charge in [0, 0.05) is 12.1 Å². The van der Waals surface area contributed by atoms with E-state index in [1.54, 1.807) is 37.3 Å². The third-order valence-corrected chi connectivity index (χ3v) is 4.40. The number of benzene rings is 2. The van der Waals surface area contributed by atoms with E-state index >= 15 is 0 Å². The summed E-state index contributed by atoms with van der Waals surface area (Å²) in [7, 11) is 0. The van der Waals surface area contributed by atoms with Crippen molar-refractivity contribution in [2.24, 2.45) is 0 Å². The highest BCUT2D eigenvalue weighted by atomic mass is 19.4. The predicted molar refractivity (Wildman–Crippen MR) is 93.6 cm³/mol. The molecule has 0 aromatic heterocycles. The van der Waals surface area contributed by atoms with Crippen molar-refractivity contribution in [2.45, 2.75) is 31.7 Å². The highest BCUT2D eigenvalue weighted by Gasteiger charge is 2.51. The van der Waals surface area contributed by atoms with Gasteiger partial charge in [0.05, 0.1) is 6.07 Å². The van der Waals surface area contributed by atoms with Crippen LogP contribution in [0.2, 0.25) is 0 Å². The molecule has 0 heterocycles. The summed E-state index contributed by atoms with van der Waals surface area (Å²) in [5.74, 6) is -0.480. The van der Waals surface area contributed by atoms with E-state index in [9.17, 15) is 28.3 Å². The van der Waals surface area contributed by atoms with E-state index in [2.05, 4.69) is 6.07 Å². The molecule has 0 radical (unpaired) electrons. The third kappa shape index (κ3) is 4.12. The summed E-state index contributed by atoms with van der Waals surface area (Å²) in [6, 6.07) is 14.6. The number of amides is 1. The van der Waals surface area contributed by atoms with Crippen LogP contribution in [0.5, 0.6) is 0 Å². The fourth-order valence-electron chi connectivity index (χ4n) is 2.67. The number of alkyl halides is 3. The fourth-order valence-corrected chi connectivity index (χ4v) is 2.67. The molecule has 2 aromatic rings. The first-order valence-electron chi connectivity index (χ1n) is 8.28. The van der Waals surface area contributed by atoms with Gasteiger partial charge in [0.25, 0.3) is 5.91 Å². The maximum absolute atomic E-state index is 12.9. The molecular formula is C20H19F3N2O2. The maximum atomic E-state index is 12.9. The minimum atomic E-state index is -4.84. The van der Waals surface area contributed by atoms with Crippen LogP contribution in [-0.2, 0) is 5.60 Å². The Balaban J connectivity index is 2.32. The first-order valence-corrected chi connectivity index (χ1v) is 8.28. The number of carbonyl (C=O) groups excluding carboxylic acids is 1. The Bertz CT molecular complexity index is 825. The molecule has 0 fully saturated rings. The highest BCUT2D eigenvalue weighted by Crippen LogP contribution is 2.38. The molecule has 1 unspecified atom stereocenters. The molecule has 27 heavy (non-hydrogen) atoms. The molecule has 142 valence electrons. The second-order valence-electron chi connectivity index (χ2n) is 6.18. The molecule has 0 bridgehead atoms. The summed E-state index contributed by atoms with van der Waals surface area (Å²) >= 11 is 0. The van der Waals surface area contributed by atoms with Crippen LogP contribution in [0.1, 0.15) is 41.4 Å². The van der Waals surface area contributed by atoms with Crippen LogP contribution >= 0.6 is 0 Å².